The topological polar surface area (TPSA) is 29.3 Å². The van der Waals surface area contributed by atoms with E-state index in [9.17, 15) is 0 Å². The average molecular weight is 297 g/mol. The van der Waals surface area contributed by atoms with Gasteiger partial charge in [-0.25, -0.2) is 0 Å². The lowest BCUT2D eigenvalue weighted by molar-refractivity contribution is 0.126. The molecule has 0 aromatic rings. The van der Waals surface area contributed by atoms with E-state index in [1.165, 1.54) is 71.0 Å². The van der Waals surface area contributed by atoms with Gasteiger partial charge in [0.1, 0.15) is 0 Å². The summed E-state index contributed by atoms with van der Waals surface area (Å²) >= 11 is 0. The van der Waals surface area contributed by atoms with Gasteiger partial charge in [0.25, 0.3) is 0 Å². The third kappa shape index (κ3) is 7.65. The molecule has 2 N–H and O–H groups in total. The van der Waals surface area contributed by atoms with Crippen LogP contribution in [0.3, 0.4) is 0 Å². The van der Waals surface area contributed by atoms with Crippen molar-refractivity contribution in [1.29, 1.82) is 0 Å². The Labute approximate surface area is 133 Å². The van der Waals surface area contributed by atoms with E-state index in [0.29, 0.717) is 5.41 Å². The second-order valence-electron chi connectivity index (χ2n) is 8.26. The van der Waals surface area contributed by atoms with E-state index >= 15 is 0 Å². The van der Waals surface area contributed by atoms with E-state index in [4.69, 9.17) is 5.73 Å². The maximum atomic E-state index is 6.24. The standard InChI is InChI=1S/C19H40N2/c1-17(2)9-13-21(14-10-18(3)4)16-19(15-20)11-7-5-6-8-12-19/h17-18H,5-16,20H2,1-4H3. The Kier molecular flexibility index (Phi) is 8.89. The van der Waals surface area contributed by atoms with Crippen LogP contribution in [0.5, 0.6) is 0 Å². The molecule has 2 nitrogen and oxygen atoms in total. The normalized spacial score (nSPS) is 19.4. The number of rotatable bonds is 9. The van der Waals surface area contributed by atoms with Crippen molar-refractivity contribution in [1.82, 2.24) is 4.90 Å². The summed E-state index contributed by atoms with van der Waals surface area (Å²) in [6.45, 7) is 14.0. The first-order valence-electron chi connectivity index (χ1n) is 9.40. The van der Waals surface area contributed by atoms with E-state index in [1.807, 2.05) is 0 Å². The van der Waals surface area contributed by atoms with Crippen molar-refractivity contribution in [2.45, 2.75) is 79.1 Å². The van der Waals surface area contributed by atoms with Gasteiger partial charge in [-0.15, -0.1) is 0 Å². The summed E-state index contributed by atoms with van der Waals surface area (Å²) in [5, 5.41) is 0. The molecule has 0 aliphatic heterocycles. The van der Waals surface area contributed by atoms with Crippen molar-refractivity contribution in [3.63, 3.8) is 0 Å². The molecule has 0 unspecified atom stereocenters. The monoisotopic (exact) mass is 296 g/mol. The van der Waals surface area contributed by atoms with Crippen LogP contribution in [0.1, 0.15) is 79.1 Å². The SMILES string of the molecule is CC(C)CCN(CCC(C)C)CC1(CN)CCCCCC1. The summed E-state index contributed by atoms with van der Waals surface area (Å²) in [6, 6.07) is 0. The smallest absolute Gasteiger partial charge is 0.00501 e. The highest BCUT2D eigenvalue weighted by atomic mass is 15.1. The molecule has 0 heterocycles. The van der Waals surface area contributed by atoms with E-state index in [0.717, 1.165) is 18.4 Å². The quantitative estimate of drug-likeness (QED) is 0.626. The van der Waals surface area contributed by atoms with Crippen molar-refractivity contribution in [3.8, 4) is 0 Å². The fourth-order valence-electron chi connectivity index (χ4n) is 3.53. The molecule has 0 radical (unpaired) electrons. The van der Waals surface area contributed by atoms with Crippen LogP contribution in [0.2, 0.25) is 0 Å². The molecule has 0 spiro atoms. The third-order valence-electron chi connectivity index (χ3n) is 5.20. The maximum absolute atomic E-state index is 6.24. The summed E-state index contributed by atoms with van der Waals surface area (Å²) in [7, 11) is 0. The van der Waals surface area contributed by atoms with Crippen LogP contribution >= 0.6 is 0 Å². The zero-order chi connectivity index (χ0) is 15.7. The highest BCUT2D eigenvalue weighted by molar-refractivity contribution is 4.86. The van der Waals surface area contributed by atoms with Gasteiger partial charge in [0.15, 0.2) is 0 Å². The van der Waals surface area contributed by atoms with Gasteiger partial charge in [0, 0.05) is 6.54 Å². The lowest BCUT2D eigenvalue weighted by atomic mass is 9.79. The number of nitrogens with two attached hydrogens (primary N) is 1. The van der Waals surface area contributed by atoms with Crippen LogP contribution in [0.4, 0.5) is 0 Å². The molecule has 0 aromatic heterocycles. The minimum atomic E-state index is 0.407. The number of hydrogen-bond acceptors (Lipinski definition) is 2. The van der Waals surface area contributed by atoms with Gasteiger partial charge in [-0.3, -0.25) is 0 Å². The minimum absolute atomic E-state index is 0.407. The van der Waals surface area contributed by atoms with E-state index < -0.39 is 0 Å². The maximum Gasteiger partial charge on any atom is 0.00501 e. The van der Waals surface area contributed by atoms with E-state index in [1.54, 1.807) is 0 Å². The molecule has 1 aliphatic rings. The highest BCUT2D eigenvalue weighted by Gasteiger charge is 2.31. The molecule has 2 heteroatoms. The molecular weight excluding hydrogens is 256 g/mol. The Balaban J connectivity index is 2.61. The molecular formula is C19H40N2. The van der Waals surface area contributed by atoms with Gasteiger partial charge in [-0.05, 0) is 62.6 Å². The minimum Gasteiger partial charge on any atom is -0.330 e. The average Bonchev–Trinajstić information content (AvgIpc) is 2.67. The highest BCUT2D eigenvalue weighted by Crippen LogP contribution is 2.35. The van der Waals surface area contributed by atoms with Crippen molar-refractivity contribution in [2.24, 2.45) is 23.0 Å². The van der Waals surface area contributed by atoms with Gasteiger partial charge >= 0.3 is 0 Å². The predicted molar refractivity (Wildman–Crippen MR) is 94.5 cm³/mol. The zero-order valence-corrected chi connectivity index (χ0v) is 15.2. The van der Waals surface area contributed by atoms with Crippen LogP contribution in [-0.2, 0) is 0 Å². The first-order valence-corrected chi connectivity index (χ1v) is 9.40. The molecule has 1 saturated carbocycles. The third-order valence-corrected chi connectivity index (χ3v) is 5.20. The largest absolute Gasteiger partial charge is 0.330 e. The van der Waals surface area contributed by atoms with E-state index in [-0.39, 0.29) is 0 Å². The predicted octanol–water partition coefficient (Wildman–Crippen LogP) is 4.68. The molecule has 0 amide bonds. The van der Waals surface area contributed by atoms with Crippen molar-refractivity contribution < 1.29 is 0 Å². The van der Waals surface area contributed by atoms with Crippen molar-refractivity contribution in [3.05, 3.63) is 0 Å². The Morgan fingerprint density at radius 3 is 1.71 bits per heavy atom. The molecule has 0 bridgehead atoms. The number of hydrogen-bond donors (Lipinski definition) is 1. The summed E-state index contributed by atoms with van der Waals surface area (Å²) in [5.41, 5.74) is 6.65. The Morgan fingerprint density at radius 1 is 0.857 bits per heavy atom. The van der Waals surface area contributed by atoms with Crippen molar-refractivity contribution in [2.75, 3.05) is 26.2 Å². The van der Waals surface area contributed by atoms with Crippen LogP contribution < -0.4 is 5.73 Å². The summed E-state index contributed by atoms with van der Waals surface area (Å²) in [4.78, 5) is 2.73. The molecule has 0 atom stereocenters. The first kappa shape index (κ1) is 19.0. The number of nitrogens with zero attached hydrogens (tertiary/aromatic N) is 1. The van der Waals surface area contributed by atoms with E-state index in [2.05, 4.69) is 32.6 Å². The fraction of sp³-hybridized carbons (Fsp3) is 1.00. The second-order valence-corrected chi connectivity index (χ2v) is 8.26. The lowest BCUT2D eigenvalue weighted by Gasteiger charge is -2.38. The Hall–Kier alpha value is -0.0800. The molecule has 1 fully saturated rings. The summed E-state index contributed by atoms with van der Waals surface area (Å²) in [5.74, 6) is 1.60. The summed E-state index contributed by atoms with van der Waals surface area (Å²) < 4.78 is 0. The van der Waals surface area contributed by atoms with Gasteiger partial charge < -0.3 is 10.6 Å². The van der Waals surface area contributed by atoms with Gasteiger partial charge in [-0.2, -0.15) is 0 Å². The lowest BCUT2D eigenvalue weighted by Crippen LogP contribution is -2.43. The van der Waals surface area contributed by atoms with Gasteiger partial charge in [0.05, 0.1) is 0 Å². The van der Waals surface area contributed by atoms with Crippen LogP contribution in [-0.4, -0.2) is 31.1 Å². The van der Waals surface area contributed by atoms with Gasteiger partial charge in [-0.1, -0.05) is 53.4 Å². The van der Waals surface area contributed by atoms with Crippen LogP contribution in [0, 0.1) is 17.3 Å². The molecule has 126 valence electrons. The zero-order valence-electron chi connectivity index (χ0n) is 15.2. The molecule has 1 aliphatic carbocycles. The Morgan fingerprint density at radius 2 is 1.33 bits per heavy atom. The second kappa shape index (κ2) is 9.84. The van der Waals surface area contributed by atoms with Crippen LogP contribution in [0.25, 0.3) is 0 Å². The van der Waals surface area contributed by atoms with Crippen LogP contribution in [0.15, 0.2) is 0 Å². The molecule has 0 aromatic carbocycles. The molecule has 21 heavy (non-hydrogen) atoms. The molecule has 0 saturated heterocycles. The van der Waals surface area contributed by atoms with Crippen molar-refractivity contribution >= 4 is 0 Å². The van der Waals surface area contributed by atoms with Gasteiger partial charge in [0.2, 0.25) is 0 Å². The Bertz CT molecular complexity index is 240. The summed E-state index contributed by atoms with van der Waals surface area (Å²) in [6.07, 6.45) is 10.9. The first-order chi connectivity index (χ1) is 9.97. The fourth-order valence-corrected chi connectivity index (χ4v) is 3.53. The molecule has 1 rings (SSSR count).